The smallest absolute Gasteiger partial charge is 3.00 e. The van der Waals surface area contributed by atoms with Crippen molar-refractivity contribution < 1.29 is 0 Å². The number of rotatable bonds is 0. The molecule has 0 aromatic rings. The van der Waals surface area contributed by atoms with Crippen molar-refractivity contribution in [3.05, 3.63) is 0 Å². The van der Waals surface area contributed by atoms with Crippen LogP contribution in [0.3, 0.4) is 0 Å². The summed E-state index contributed by atoms with van der Waals surface area (Å²) in [6.45, 7) is 0. The van der Waals surface area contributed by atoms with Crippen molar-refractivity contribution in [1.82, 2.24) is 0 Å². The Bertz CT molecular complexity index is 14.0. The van der Waals surface area contributed by atoms with E-state index in [1.807, 2.05) is 0 Å². The van der Waals surface area contributed by atoms with Crippen LogP contribution in [0.25, 0.3) is 0 Å². The summed E-state index contributed by atoms with van der Waals surface area (Å²) in [6, 6.07) is 0. The van der Waals surface area contributed by atoms with Gasteiger partial charge >= 0.3 is 80.4 Å². The zero-order valence-corrected chi connectivity index (χ0v) is 15.7. The van der Waals surface area contributed by atoms with E-state index < -0.39 is 0 Å². The first kappa shape index (κ1) is 85.1. The predicted octanol–water partition coefficient (Wildman–Crippen LogP) is 1.92. The summed E-state index contributed by atoms with van der Waals surface area (Å²) in [5, 5.41) is 0. The standard InChI is InChI=1S/2Al.Ga.In.4P/q4*+3;4*-3. The molecule has 0 atom stereocenters. The molecule has 0 nitrogen and oxygen atoms in total. The topological polar surface area (TPSA) is 0 Å². The Hall–Kier alpha value is 4.29. The van der Waals surface area contributed by atoms with E-state index in [0.717, 1.165) is 0 Å². The quantitative estimate of drug-likeness (QED) is 0.456. The van der Waals surface area contributed by atoms with Gasteiger partial charge in [-0.2, -0.15) is 0 Å². The molecule has 0 aliphatic carbocycles. The number of hydrogen-bond donors (Lipinski definition) is 0. The molecule has 0 N–H and O–H groups in total. The van der Waals surface area contributed by atoms with Gasteiger partial charge in [0.2, 0.25) is 0 Å². The Kier molecular flexibility index (Phi) is 691. The van der Waals surface area contributed by atoms with Gasteiger partial charge in [-0.3, -0.25) is 0 Å². The molecule has 0 spiro atoms. The SMILES string of the molecule is [Al+3].[Al+3].[Ga+3].[In+3].[P-3].[P-3].[P-3].[P-3]. The molecule has 0 saturated carbocycles. The molecule has 0 radical (unpaired) electrons. The van der Waals surface area contributed by atoms with Gasteiger partial charge in [-0.1, -0.05) is 0 Å². The van der Waals surface area contributed by atoms with Crippen LogP contribution >= 0.6 is 39.6 Å². The summed E-state index contributed by atoms with van der Waals surface area (Å²) in [5.74, 6) is 0. The van der Waals surface area contributed by atoms with Crippen LogP contribution in [-0.4, -0.2) is 80.4 Å². The molecule has 0 saturated heterocycles. The molecular weight excluding hydrogens is 362 g/mol. The molecule has 0 aliphatic rings. The van der Waals surface area contributed by atoms with Gasteiger partial charge in [-0.05, 0) is 0 Å². The van der Waals surface area contributed by atoms with Crippen LogP contribution in [-0.2, 0) is 0 Å². The maximum Gasteiger partial charge on any atom is 3.00 e. The van der Waals surface area contributed by atoms with Crippen molar-refractivity contribution in [2.45, 2.75) is 0 Å². The van der Waals surface area contributed by atoms with Gasteiger partial charge in [0.1, 0.15) is 0 Å². The Labute approximate surface area is 118 Å². The van der Waals surface area contributed by atoms with Crippen molar-refractivity contribution in [3.63, 3.8) is 0 Å². The maximum absolute atomic E-state index is 0. The summed E-state index contributed by atoms with van der Waals surface area (Å²) in [5.41, 5.74) is 0. The van der Waals surface area contributed by atoms with E-state index in [-0.39, 0.29) is 120 Å². The second-order valence-electron chi connectivity index (χ2n) is 0. The minimum Gasteiger partial charge on any atom is -3.00 e. The Morgan fingerprint density at radius 2 is 0.500 bits per heavy atom. The summed E-state index contributed by atoms with van der Waals surface area (Å²) >= 11 is 0. The van der Waals surface area contributed by atoms with E-state index in [1.165, 1.54) is 0 Å². The molecule has 0 aromatic heterocycles. The molecule has 0 amide bonds. The van der Waals surface area contributed by atoms with Crippen molar-refractivity contribution in [2.24, 2.45) is 0 Å². The van der Waals surface area contributed by atoms with Crippen LogP contribution in [0.4, 0.5) is 0 Å². The van der Waals surface area contributed by atoms with E-state index in [2.05, 4.69) is 0 Å². The van der Waals surface area contributed by atoms with Crippen molar-refractivity contribution in [3.8, 4) is 0 Å². The van der Waals surface area contributed by atoms with Crippen LogP contribution in [0.15, 0.2) is 0 Å². The van der Waals surface area contributed by atoms with Crippen LogP contribution < -0.4 is 0 Å². The maximum atomic E-state index is 0. The van der Waals surface area contributed by atoms with Crippen molar-refractivity contribution in [1.29, 1.82) is 0 Å². The normalized spacial score (nSPS) is 0. The molecule has 8 heteroatoms. The first-order valence-electron chi connectivity index (χ1n) is 0. The number of hydrogen-bond acceptors (Lipinski definition) is 0. The predicted molar refractivity (Wildman–Crippen MR) is 50.7 cm³/mol. The fourth-order valence-electron chi connectivity index (χ4n) is 0. The van der Waals surface area contributed by atoms with Gasteiger partial charge in [-0.25, -0.2) is 0 Å². The second kappa shape index (κ2) is 64.9. The van der Waals surface area contributed by atoms with Gasteiger partial charge < -0.3 is 39.6 Å². The Morgan fingerprint density at radius 1 is 0.500 bits per heavy atom. The third-order valence-electron chi connectivity index (χ3n) is 0. The van der Waals surface area contributed by atoms with E-state index in [0.29, 0.717) is 0 Å². The summed E-state index contributed by atoms with van der Waals surface area (Å²) in [7, 11) is 0. The minimum atomic E-state index is 0. The first-order chi connectivity index (χ1) is 0. The molecular formula is Al2GaInP4. The van der Waals surface area contributed by atoms with Crippen LogP contribution in [0.1, 0.15) is 0 Å². The average molecular weight is 362 g/mol. The largest absolute Gasteiger partial charge is 3.00 e. The molecule has 0 heterocycles. The van der Waals surface area contributed by atoms with Gasteiger partial charge in [0.25, 0.3) is 0 Å². The van der Waals surface area contributed by atoms with Gasteiger partial charge in [-0.15, -0.1) is 0 Å². The first-order valence-corrected chi connectivity index (χ1v) is 0. The molecule has 0 bridgehead atoms. The zero-order valence-electron chi connectivity index (χ0n) is 4.10. The minimum absolute atomic E-state index is 0. The van der Waals surface area contributed by atoms with Gasteiger partial charge in [0.15, 0.2) is 0 Å². The average Bonchev–Trinajstić information content (AvgIpc) is 0. The Balaban J connectivity index is 0. The zero-order chi connectivity index (χ0) is 0. The van der Waals surface area contributed by atoms with Crippen LogP contribution in [0, 0.1) is 0 Å². The molecule has 0 unspecified atom stereocenters. The van der Waals surface area contributed by atoms with Crippen LogP contribution in [0.2, 0.25) is 0 Å². The van der Waals surface area contributed by atoms with E-state index in [9.17, 15) is 0 Å². The third-order valence-corrected chi connectivity index (χ3v) is 0. The fourth-order valence-corrected chi connectivity index (χ4v) is 0. The molecule has 8 heavy (non-hydrogen) atoms. The Morgan fingerprint density at radius 3 is 0.500 bits per heavy atom. The summed E-state index contributed by atoms with van der Waals surface area (Å²) < 4.78 is 0. The van der Waals surface area contributed by atoms with E-state index >= 15 is 0 Å². The van der Waals surface area contributed by atoms with E-state index in [4.69, 9.17) is 0 Å². The molecule has 32 valence electrons. The monoisotopic (exact) mass is 362 g/mol. The van der Waals surface area contributed by atoms with Crippen LogP contribution in [0.5, 0.6) is 0 Å². The fraction of sp³-hybridized carbons (Fsp3) is 0. The summed E-state index contributed by atoms with van der Waals surface area (Å²) in [6.07, 6.45) is 0. The molecule has 0 aromatic carbocycles. The molecule has 0 aliphatic heterocycles. The van der Waals surface area contributed by atoms with Gasteiger partial charge in [0, 0.05) is 0 Å². The summed E-state index contributed by atoms with van der Waals surface area (Å²) in [4.78, 5) is 0. The molecule has 0 rings (SSSR count). The van der Waals surface area contributed by atoms with Gasteiger partial charge in [0.05, 0.1) is 0 Å². The van der Waals surface area contributed by atoms with Crippen molar-refractivity contribution in [2.75, 3.05) is 0 Å². The second-order valence-corrected chi connectivity index (χ2v) is 0. The molecule has 0 fully saturated rings. The van der Waals surface area contributed by atoms with Crippen molar-refractivity contribution >= 4 is 120 Å². The van der Waals surface area contributed by atoms with E-state index in [1.54, 1.807) is 0 Å². The third kappa shape index (κ3) is 48.2.